The maximum Gasteiger partial charge on any atom is 0.152 e. The zero-order chi connectivity index (χ0) is 17.8. The molecule has 3 rings (SSSR count). The number of ether oxygens (including phenoxy) is 1. The van der Waals surface area contributed by atoms with Crippen LogP contribution in [0.15, 0.2) is 30.6 Å². The minimum Gasteiger partial charge on any atom is -0.494 e. The van der Waals surface area contributed by atoms with Gasteiger partial charge in [-0.25, -0.2) is 14.6 Å². The van der Waals surface area contributed by atoms with Gasteiger partial charge in [0.05, 0.1) is 25.7 Å². The van der Waals surface area contributed by atoms with E-state index in [1.807, 2.05) is 42.2 Å². The van der Waals surface area contributed by atoms with Gasteiger partial charge in [0.15, 0.2) is 11.6 Å². The molecule has 0 saturated heterocycles. The Morgan fingerprint density at radius 2 is 2.00 bits per heavy atom. The molecule has 0 aliphatic rings. The fraction of sp³-hybridized carbons (Fsp3) is 0.389. The predicted octanol–water partition coefficient (Wildman–Crippen LogP) is 3.04. The molecule has 0 spiro atoms. The Morgan fingerprint density at radius 1 is 1.20 bits per heavy atom. The molecule has 6 nitrogen and oxygen atoms in total. The van der Waals surface area contributed by atoms with Crippen LogP contribution >= 0.6 is 11.8 Å². The lowest BCUT2D eigenvalue weighted by Gasteiger charge is -2.11. The summed E-state index contributed by atoms with van der Waals surface area (Å²) in [5.74, 6) is 3.51. The Labute approximate surface area is 152 Å². The monoisotopic (exact) mass is 357 g/mol. The van der Waals surface area contributed by atoms with Crippen LogP contribution in [0.2, 0.25) is 0 Å². The lowest BCUT2D eigenvalue weighted by Crippen LogP contribution is -2.10. The van der Waals surface area contributed by atoms with Crippen LogP contribution in [0.25, 0.3) is 5.69 Å². The van der Waals surface area contributed by atoms with Gasteiger partial charge in [-0.2, -0.15) is 16.9 Å². The second-order valence-corrected chi connectivity index (χ2v) is 6.80. The van der Waals surface area contributed by atoms with Crippen molar-refractivity contribution in [3.8, 4) is 11.4 Å². The molecule has 2 aromatic heterocycles. The minimum absolute atomic E-state index is 0.622. The van der Waals surface area contributed by atoms with Gasteiger partial charge >= 0.3 is 0 Å². The van der Waals surface area contributed by atoms with Gasteiger partial charge in [0.2, 0.25) is 0 Å². The molecule has 0 aliphatic heterocycles. The number of hydrogen-bond acceptors (Lipinski definition) is 5. The first kappa shape index (κ1) is 17.5. The lowest BCUT2D eigenvalue weighted by molar-refractivity contribution is 0.411. The average molecular weight is 357 g/mol. The number of benzene rings is 1. The maximum absolute atomic E-state index is 5.51. The molecule has 0 N–H and O–H groups in total. The molecule has 25 heavy (non-hydrogen) atoms. The van der Waals surface area contributed by atoms with Crippen LogP contribution in [0.3, 0.4) is 0 Å². The number of aromatic nitrogens is 5. The largest absolute Gasteiger partial charge is 0.494 e. The van der Waals surface area contributed by atoms with Crippen molar-refractivity contribution in [2.45, 2.75) is 26.8 Å². The van der Waals surface area contributed by atoms with E-state index in [2.05, 4.69) is 22.7 Å². The first-order valence-electron chi connectivity index (χ1n) is 8.19. The smallest absolute Gasteiger partial charge is 0.152 e. The number of rotatable bonds is 7. The first-order valence-corrected chi connectivity index (χ1v) is 9.59. The topological polar surface area (TPSA) is 57.8 Å². The Bertz CT molecular complexity index is 855. The van der Waals surface area contributed by atoms with Crippen LogP contribution < -0.4 is 4.74 Å². The Kier molecular flexibility index (Phi) is 5.43. The summed E-state index contributed by atoms with van der Waals surface area (Å²) in [4.78, 5) is 9.16. The second kappa shape index (κ2) is 7.74. The van der Waals surface area contributed by atoms with Crippen molar-refractivity contribution in [1.29, 1.82) is 0 Å². The van der Waals surface area contributed by atoms with Gasteiger partial charge in [-0.3, -0.25) is 0 Å². The van der Waals surface area contributed by atoms with E-state index >= 15 is 0 Å². The molecule has 0 aliphatic carbocycles. The number of para-hydroxylation sites is 2. The van der Waals surface area contributed by atoms with E-state index in [1.54, 1.807) is 18.9 Å². The minimum atomic E-state index is 0.622. The molecule has 7 heteroatoms. The summed E-state index contributed by atoms with van der Waals surface area (Å²) in [6.07, 6.45) is 4.79. The molecule has 0 bridgehead atoms. The van der Waals surface area contributed by atoms with Crippen LogP contribution in [0.5, 0.6) is 5.75 Å². The van der Waals surface area contributed by atoms with E-state index in [9.17, 15) is 0 Å². The highest BCUT2D eigenvalue weighted by Crippen LogP contribution is 2.23. The number of hydrogen-bond donors (Lipinski definition) is 0. The van der Waals surface area contributed by atoms with Crippen LogP contribution in [0.1, 0.15) is 23.0 Å². The van der Waals surface area contributed by atoms with Crippen molar-refractivity contribution in [3.63, 3.8) is 0 Å². The van der Waals surface area contributed by atoms with Crippen molar-refractivity contribution < 1.29 is 4.74 Å². The summed E-state index contributed by atoms with van der Waals surface area (Å²) in [6.45, 7) is 4.71. The van der Waals surface area contributed by atoms with Gasteiger partial charge < -0.3 is 9.30 Å². The number of thioether (sulfide) groups is 1. The van der Waals surface area contributed by atoms with Gasteiger partial charge in [0.25, 0.3) is 0 Å². The fourth-order valence-electron chi connectivity index (χ4n) is 2.65. The summed E-state index contributed by atoms with van der Waals surface area (Å²) >= 11 is 1.80. The third-order valence-corrected chi connectivity index (χ3v) is 4.83. The standard InChI is InChI=1S/C18H23N5OS/c1-13-14(2)22(12-19-13)11-18-20-17(9-10-25-4)21-23(18)15-7-5-6-8-16(15)24-3/h5-8,12H,9-11H2,1-4H3. The number of nitrogens with zero attached hydrogens (tertiary/aromatic N) is 5. The quantitative estimate of drug-likeness (QED) is 0.650. The van der Waals surface area contributed by atoms with Gasteiger partial charge in [0.1, 0.15) is 11.4 Å². The Balaban J connectivity index is 2.03. The highest BCUT2D eigenvalue weighted by molar-refractivity contribution is 7.98. The summed E-state index contributed by atoms with van der Waals surface area (Å²) in [6, 6.07) is 7.88. The van der Waals surface area contributed by atoms with Crippen LogP contribution in [-0.2, 0) is 13.0 Å². The van der Waals surface area contributed by atoms with Gasteiger partial charge in [-0.1, -0.05) is 12.1 Å². The number of methoxy groups -OCH3 is 1. The number of imidazole rings is 1. The van der Waals surface area contributed by atoms with E-state index in [0.29, 0.717) is 6.54 Å². The normalized spacial score (nSPS) is 11.0. The molecule has 1 aromatic carbocycles. The maximum atomic E-state index is 5.51. The SMILES string of the molecule is COc1ccccc1-n1nc(CCSC)nc1Cn1cnc(C)c1C. The molecule has 0 amide bonds. The molecule has 0 radical (unpaired) electrons. The highest BCUT2D eigenvalue weighted by Gasteiger charge is 2.16. The summed E-state index contributed by atoms with van der Waals surface area (Å²) in [7, 11) is 1.67. The first-order chi connectivity index (χ1) is 12.1. The lowest BCUT2D eigenvalue weighted by atomic mass is 10.3. The third kappa shape index (κ3) is 3.71. The Hall–Kier alpha value is -2.28. The van der Waals surface area contributed by atoms with Gasteiger partial charge in [-0.05, 0) is 32.2 Å². The van der Waals surface area contributed by atoms with Crippen molar-refractivity contribution in [2.24, 2.45) is 0 Å². The summed E-state index contributed by atoms with van der Waals surface area (Å²) < 4.78 is 9.50. The summed E-state index contributed by atoms with van der Waals surface area (Å²) in [5, 5.41) is 4.74. The van der Waals surface area contributed by atoms with E-state index in [-0.39, 0.29) is 0 Å². The van der Waals surface area contributed by atoms with Crippen molar-refractivity contribution in [3.05, 3.63) is 53.6 Å². The molecule has 0 atom stereocenters. The fourth-order valence-corrected chi connectivity index (χ4v) is 3.03. The molecule has 0 fully saturated rings. The molecule has 132 valence electrons. The van der Waals surface area contributed by atoms with Gasteiger partial charge in [-0.15, -0.1) is 0 Å². The number of aryl methyl sites for hydroxylation is 2. The molecular formula is C18H23N5OS. The average Bonchev–Trinajstić information content (AvgIpc) is 3.18. The van der Waals surface area contributed by atoms with E-state index < -0.39 is 0 Å². The molecule has 0 saturated carbocycles. The summed E-state index contributed by atoms with van der Waals surface area (Å²) in [5.41, 5.74) is 3.07. The van der Waals surface area contributed by atoms with Crippen molar-refractivity contribution >= 4 is 11.8 Å². The third-order valence-electron chi connectivity index (χ3n) is 4.22. The van der Waals surface area contributed by atoms with E-state index in [1.165, 1.54) is 0 Å². The molecule has 3 aromatic rings. The van der Waals surface area contributed by atoms with Crippen LogP contribution in [0, 0.1) is 13.8 Å². The molecule has 0 unspecified atom stereocenters. The molecular weight excluding hydrogens is 334 g/mol. The van der Waals surface area contributed by atoms with Crippen molar-refractivity contribution in [1.82, 2.24) is 24.3 Å². The van der Waals surface area contributed by atoms with E-state index in [4.69, 9.17) is 14.8 Å². The zero-order valence-electron chi connectivity index (χ0n) is 15.1. The van der Waals surface area contributed by atoms with Gasteiger partial charge in [0, 0.05) is 17.9 Å². The van der Waals surface area contributed by atoms with Crippen molar-refractivity contribution in [2.75, 3.05) is 19.1 Å². The molecule has 2 heterocycles. The Morgan fingerprint density at radius 3 is 2.68 bits per heavy atom. The van der Waals surface area contributed by atoms with Crippen LogP contribution in [0.4, 0.5) is 0 Å². The zero-order valence-corrected chi connectivity index (χ0v) is 15.9. The second-order valence-electron chi connectivity index (χ2n) is 5.81. The predicted molar refractivity (Wildman–Crippen MR) is 101 cm³/mol. The van der Waals surface area contributed by atoms with Crippen LogP contribution in [-0.4, -0.2) is 43.4 Å². The highest BCUT2D eigenvalue weighted by atomic mass is 32.2. The van der Waals surface area contributed by atoms with E-state index in [0.717, 1.165) is 46.6 Å².